The third-order valence-corrected chi connectivity index (χ3v) is 3.73. The number of benzene rings is 1. The highest BCUT2D eigenvalue weighted by Gasteiger charge is 2.17. The standard InChI is InChI=1S/C12H17NS.ClH/c1-14-12-5-3-2-4-11(12)10-6-8-13-9-7-10;/h2-5,10,13H,6-9H2,1H3;1H. The largest absolute Gasteiger partial charge is 0.317 e. The number of halogens is 1. The van der Waals surface area contributed by atoms with Crippen LogP contribution in [0, 0.1) is 0 Å². The van der Waals surface area contributed by atoms with Crippen molar-refractivity contribution >= 4 is 24.2 Å². The van der Waals surface area contributed by atoms with Crippen LogP contribution in [0.2, 0.25) is 0 Å². The molecule has 0 unspecified atom stereocenters. The fraction of sp³-hybridized carbons (Fsp3) is 0.500. The molecule has 0 bridgehead atoms. The Morgan fingerprint density at radius 2 is 1.87 bits per heavy atom. The minimum Gasteiger partial charge on any atom is -0.317 e. The lowest BCUT2D eigenvalue weighted by Crippen LogP contribution is -2.26. The maximum Gasteiger partial charge on any atom is 0.0104 e. The van der Waals surface area contributed by atoms with Crippen molar-refractivity contribution in [1.29, 1.82) is 0 Å². The summed E-state index contributed by atoms with van der Waals surface area (Å²) in [5.41, 5.74) is 1.56. The number of nitrogens with one attached hydrogen (secondary N) is 1. The highest BCUT2D eigenvalue weighted by atomic mass is 35.5. The van der Waals surface area contributed by atoms with Crippen LogP contribution in [0.15, 0.2) is 29.2 Å². The minimum atomic E-state index is 0. The summed E-state index contributed by atoms with van der Waals surface area (Å²) in [7, 11) is 0. The summed E-state index contributed by atoms with van der Waals surface area (Å²) in [6.45, 7) is 2.35. The summed E-state index contributed by atoms with van der Waals surface area (Å²) in [6.07, 6.45) is 4.75. The molecular formula is C12H18ClNS. The summed E-state index contributed by atoms with van der Waals surface area (Å²) in [5, 5.41) is 3.42. The Morgan fingerprint density at radius 1 is 1.20 bits per heavy atom. The minimum absolute atomic E-state index is 0. The number of rotatable bonds is 2. The van der Waals surface area contributed by atoms with Gasteiger partial charge in [-0.15, -0.1) is 24.2 Å². The summed E-state index contributed by atoms with van der Waals surface area (Å²) in [5.74, 6) is 0.778. The lowest BCUT2D eigenvalue weighted by molar-refractivity contribution is 0.456. The zero-order valence-electron chi connectivity index (χ0n) is 9.03. The molecule has 0 saturated carbocycles. The maximum absolute atomic E-state index is 3.42. The van der Waals surface area contributed by atoms with E-state index in [-0.39, 0.29) is 12.4 Å². The summed E-state index contributed by atoms with van der Waals surface area (Å²) in [6, 6.07) is 8.83. The van der Waals surface area contributed by atoms with Crippen LogP contribution in [0.3, 0.4) is 0 Å². The van der Waals surface area contributed by atoms with Crippen molar-refractivity contribution in [2.45, 2.75) is 23.7 Å². The summed E-state index contributed by atoms with van der Waals surface area (Å²) >= 11 is 1.87. The monoisotopic (exact) mass is 243 g/mol. The van der Waals surface area contributed by atoms with Gasteiger partial charge in [0.1, 0.15) is 0 Å². The number of piperidine rings is 1. The Bertz CT molecular complexity index is 297. The third-order valence-electron chi connectivity index (χ3n) is 2.92. The van der Waals surface area contributed by atoms with E-state index in [9.17, 15) is 0 Å². The van der Waals surface area contributed by atoms with Gasteiger partial charge in [0.25, 0.3) is 0 Å². The van der Waals surface area contributed by atoms with Crippen LogP contribution in [0.1, 0.15) is 24.3 Å². The molecule has 1 saturated heterocycles. The second kappa shape index (κ2) is 6.41. The van der Waals surface area contributed by atoms with Gasteiger partial charge < -0.3 is 5.32 Å². The van der Waals surface area contributed by atoms with Crippen LogP contribution in [0.25, 0.3) is 0 Å². The van der Waals surface area contributed by atoms with Crippen LogP contribution in [-0.4, -0.2) is 19.3 Å². The Morgan fingerprint density at radius 3 is 2.53 bits per heavy atom. The van der Waals surface area contributed by atoms with E-state index in [4.69, 9.17) is 0 Å². The molecule has 1 aromatic rings. The fourth-order valence-corrected chi connectivity index (χ4v) is 2.82. The van der Waals surface area contributed by atoms with E-state index < -0.39 is 0 Å². The molecule has 1 N–H and O–H groups in total. The Kier molecular flexibility index (Phi) is 5.51. The van der Waals surface area contributed by atoms with Gasteiger partial charge in [0.05, 0.1) is 0 Å². The van der Waals surface area contributed by atoms with Crippen molar-refractivity contribution in [1.82, 2.24) is 5.32 Å². The topological polar surface area (TPSA) is 12.0 Å². The molecule has 1 aliphatic rings. The van der Waals surface area contributed by atoms with E-state index >= 15 is 0 Å². The number of hydrogen-bond acceptors (Lipinski definition) is 2. The molecule has 0 aromatic heterocycles. The first-order valence-electron chi connectivity index (χ1n) is 5.25. The van der Waals surface area contributed by atoms with Crippen molar-refractivity contribution in [2.75, 3.05) is 19.3 Å². The molecule has 84 valence electrons. The summed E-state index contributed by atoms with van der Waals surface area (Å²) in [4.78, 5) is 1.46. The normalized spacial score (nSPS) is 17.1. The Balaban J connectivity index is 0.00000112. The van der Waals surface area contributed by atoms with Gasteiger partial charge in [-0.3, -0.25) is 0 Å². The molecular weight excluding hydrogens is 226 g/mol. The van der Waals surface area contributed by atoms with Gasteiger partial charge in [0.2, 0.25) is 0 Å². The van der Waals surface area contributed by atoms with E-state index in [1.165, 1.54) is 30.8 Å². The third kappa shape index (κ3) is 3.13. The Hall–Kier alpha value is -0.180. The molecule has 0 radical (unpaired) electrons. The van der Waals surface area contributed by atoms with Crippen LogP contribution in [0.5, 0.6) is 0 Å². The molecule has 0 spiro atoms. The number of thioether (sulfide) groups is 1. The highest BCUT2D eigenvalue weighted by molar-refractivity contribution is 7.98. The zero-order valence-corrected chi connectivity index (χ0v) is 10.7. The smallest absolute Gasteiger partial charge is 0.0104 e. The van der Waals surface area contributed by atoms with Gasteiger partial charge in [0, 0.05) is 4.90 Å². The molecule has 0 amide bonds. The average Bonchev–Trinajstić information content (AvgIpc) is 2.30. The van der Waals surface area contributed by atoms with Crippen molar-refractivity contribution in [3.05, 3.63) is 29.8 Å². The predicted octanol–water partition coefficient (Wildman–Crippen LogP) is 3.30. The first kappa shape index (κ1) is 12.9. The van der Waals surface area contributed by atoms with Crippen molar-refractivity contribution in [3.63, 3.8) is 0 Å². The first-order valence-corrected chi connectivity index (χ1v) is 6.48. The molecule has 0 atom stereocenters. The Labute approximate surface area is 102 Å². The van der Waals surface area contributed by atoms with Gasteiger partial charge in [0.15, 0.2) is 0 Å². The lowest BCUT2D eigenvalue weighted by atomic mass is 9.90. The zero-order chi connectivity index (χ0) is 9.80. The van der Waals surface area contributed by atoms with E-state index in [2.05, 4.69) is 35.8 Å². The molecule has 15 heavy (non-hydrogen) atoms. The fourth-order valence-electron chi connectivity index (χ4n) is 2.14. The van der Waals surface area contributed by atoms with Gasteiger partial charge >= 0.3 is 0 Å². The molecule has 1 nitrogen and oxygen atoms in total. The van der Waals surface area contributed by atoms with Crippen molar-refractivity contribution < 1.29 is 0 Å². The van der Waals surface area contributed by atoms with Crippen LogP contribution in [0.4, 0.5) is 0 Å². The van der Waals surface area contributed by atoms with E-state index in [0.717, 1.165) is 5.92 Å². The van der Waals surface area contributed by atoms with Gasteiger partial charge in [-0.25, -0.2) is 0 Å². The van der Waals surface area contributed by atoms with Crippen LogP contribution < -0.4 is 5.32 Å². The van der Waals surface area contributed by atoms with Crippen LogP contribution >= 0.6 is 24.2 Å². The van der Waals surface area contributed by atoms with Gasteiger partial charge in [-0.2, -0.15) is 0 Å². The SMILES string of the molecule is CSc1ccccc1C1CCNCC1.Cl. The summed E-state index contributed by atoms with van der Waals surface area (Å²) < 4.78 is 0. The van der Waals surface area contributed by atoms with Crippen LogP contribution in [-0.2, 0) is 0 Å². The van der Waals surface area contributed by atoms with Crippen molar-refractivity contribution in [3.8, 4) is 0 Å². The van der Waals surface area contributed by atoms with Gasteiger partial charge in [-0.1, -0.05) is 18.2 Å². The molecule has 1 aromatic carbocycles. The first-order chi connectivity index (χ1) is 6.92. The van der Waals surface area contributed by atoms with E-state index in [0.29, 0.717) is 0 Å². The maximum atomic E-state index is 3.42. The average molecular weight is 244 g/mol. The highest BCUT2D eigenvalue weighted by Crippen LogP contribution is 2.32. The molecule has 2 rings (SSSR count). The molecule has 1 aliphatic heterocycles. The lowest BCUT2D eigenvalue weighted by Gasteiger charge is -2.24. The molecule has 0 aliphatic carbocycles. The molecule has 1 heterocycles. The molecule has 3 heteroatoms. The van der Waals surface area contributed by atoms with Crippen molar-refractivity contribution in [2.24, 2.45) is 0 Å². The quantitative estimate of drug-likeness (QED) is 0.800. The van der Waals surface area contributed by atoms with E-state index in [1.807, 2.05) is 11.8 Å². The second-order valence-electron chi connectivity index (χ2n) is 3.77. The number of hydrogen-bond donors (Lipinski definition) is 1. The molecule has 1 fully saturated rings. The predicted molar refractivity (Wildman–Crippen MR) is 70.3 cm³/mol. The van der Waals surface area contributed by atoms with E-state index in [1.54, 1.807) is 5.56 Å². The van der Waals surface area contributed by atoms with Gasteiger partial charge in [-0.05, 0) is 49.7 Å². The second-order valence-corrected chi connectivity index (χ2v) is 4.61.